The molecule has 26 heavy (non-hydrogen) atoms. The Morgan fingerprint density at radius 3 is 2.19 bits per heavy atom. The minimum absolute atomic E-state index is 0.00105. The fourth-order valence-electron chi connectivity index (χ4n) is 2.03. The zero-order chi connectivity index (χ0) is 19.1. The van der Waals surface area contributed by atoms with Crippen molar-refractivity contribution < 1.29 is 36.6 Å². The van der Waals surface area contributed by atoms with Gasteiger partial charge in [-0.2, -0.15) is 17.6 Å². The molecule has 0 aromatic heterocycles. The van der Waals surface area contributed by atoms with Crippen molar-refractivity contribution in [3.8, 4) is 17.2 Å². The summed E-state index contributed by atoms with van der Waals surface area (Å²) < 4.78 is 62.7. The monoisotopic (exact) mass is 373 g/mol. The van der Waals surface area contributed by atoms with E-state index in [0.29, 0.717) is 5.69 Å². The van der Waals surface area contributed by atoms with Gasteiger partial charge in [-0.1, -0.05) is 0 Å². The van der Waals surface area contributed by atoms with E-state index in [1.165, 1.54) is 42.5 Å². The molecule has 1 amide bonds. The van der Waals surface area contributed by atoms with Crippen LogP contribution in [0.25, 0.3) is 0 Å². The lowest BCUT2D eigenvalue weighted by Gasteiger charge is -2.13. The molecule has 0 fully saturated rings. The molecule has 0 radical (unpaired) electrons. The lowest BCUT2D eigenvalue weighted by Crippen LogP contribution is -2.13. The molecular weight excluding hydrogens is 358 g/mol. The summed E-state index contributed by atoms with van der Waals surface area (Å²) in [4.78, 5) is 12.3. The topological polar surface area (TPSA) is 56.8 Å². The van der Waals surface area contributed by atoms with E-state index < -0.39 is 19.1 Å². The first-order valence-electron chi connectivity index (χ1n) is 7.47. The molecule has 0 unspecified atom stereocenters. The summed E-state index contributed by atoms with van der Waals surface area (Å²) in [7, 11) is 0. The first-order chi connectivity index (χ1) is 12.4. The van der Waals surface area contributed by atoms with Crippen LogP contribution in [-0.4, -0.2) is 25.7 Å². The number of nitrogens with one attached hydrogen (secondary N) is 1. The molecule has 0 heterocycles. The molecule has 2 rings (SSSR count). The predicted octanol–water partition coefficient (Wildman–Crippen LogP) is 4.54. The largest absolute Gasteiger partial charge is 0.490 e. The summed E-state index contributed by atoms with van der Waals surface area (Å²) in [5.74, 6) is -0.782. The van der Waals surface area contributed by atoms with Crippen molar-refractivity contribution in [3.63, 3.8) is 0 Å². The highest BCUT2D eigenvalue weighted by Crippen LogP contribution is 2.30. The highest BCUT2D eigenvalue weighted by atomic mass is 19.3. The third kappa shape index (κ3) is 5.54. The second kappa shape index (κ2) is 8.93. The number of amides is 1. The Balaban J connectivity index is 2.12. The Bertz CT molecular complexity index is 738. The van der Waals surface area contributed by atoms with Crippen molar-refractivity contribution in [3.05, 3.63) is 48.0 Å². The molecular formula is C17H15F4NO4. The molecule has 9 heteroatoms. The number of halogens is 4. The quantitative estimate of drug-likeness (QED) is 0.691. The molecule has 0 aliphatic carbocycles. The molecule has 0 atom stereocenters. The Kier molecular flexibility index (Phi) is 6.65. The number of ether oxygens (including phenoxy) is 3. The normalized spacial score (nSPS) is 10.7. The van der Waals surface area contributed by atoms with Crippen molar-refractivity contribution in [1.29, 1.82) is 0 Å². The van der Waals surface area contributed by atoms with E-state index in [2.05, 4.69) is 14.8 Å². The van der Waals surface area contributed by atoms with Gasteiger partial charge in [-0.05, 0) is 49.4 Å². The van der Waals surface area contributed by atoms with E-state index in [1.807, 2.05) is 0 Å². The molecule has 140 valence electrons. The lowest BCUT2D eigenvalue weighted by molar-refractivity contribution is -0.0516. The van der Waals surface area contributed by atoms with Gasteiger partial charge in [0.15, 0.2) is 11.5 Å². The van der Waals surface area contributed by atoms with Gasteiger partial charge in [-0.15, -0.1) is 0 Å². The molecule has 5 nitrogen and oxygen atoms in total. The Morgan fingerprint density at radius 2 is 1.62 bits per heavy atom. The minimum Gasteiger partial charge on any atom is -0.490 e. The van der Waals surface area contributed by atoms with Gasteiger partial charge in [-0.3, -0.25) is 4.79 Å². The molecule has 0 aliphatic rings. The van der Waals surface area contributed by atoms with Crippen LogP contribution < -0.4 is 19.5 Å². The number of rotatable bonds is 8. The molecule has 2 aromatic rings. The van der Waals surface area contributed by atoms with Gasteiger partial charge in [0.25, 0.3) is 5.91 Å². The molecule has 0 saturated heterocycles. The third-order valence-electron chi connectivity index (χ3n) is 3.06. The number of carbonyl (C=O) groups is 1. The Hall–Kier alpha value is -2.97. The number of hydrogen-bond donors (Lipinski definition) is 1. The number of hydrogen-bond acceptors (Lipinski definition) is 4. The fourth-order valence-corrected chi connectivity index (χ4v) is 2.03. The van der Waals surface area contributed by atoms with Crippen LogP contribution >= 0.6 is 0 Å². The zero-order valence-electron chi connectivity index (χ0n) is 13.5. The van der Waals surface area contributed by atoms with Gasteiger partial charge >= 0.3 is 13.2 Å². The second-order valence-corrected chi connectivity index (χ2v) is 4.83. The van der Waals surface area contributed by atoms with Gasteiger partial charge in [0, 0.05) is 11.3 Å². The third-order valence-corrected chi connectivity index (χ3v) is 3.06. The van der Waals surface area contributed by atoms with Crippen LogP contribution in [0, 0.1) is 0 Å². The smallest absolute Gasteiger partial charge is 0.387 e. The highest BCUT2D eigenvalue weighted by Gasteiger charge is 2.15. The maximum absolute atomic E-state index is 12.4. The van der Waals surface area contributed by atoms with Gasteiger partial charge in [-0.25, -0.2) is 0 Å². The summed E-state index contributed by atoms with van der Waals surface area (Å²) in [5.41, 5.74) is 0.477. The van der Waals surface area contributed by atoms with E-state index in [-0.39, 0.29) is 29.4 Å². The molecule has 0 saturated carbocycles. The van der Waals surface area contributed by atoms with Crippen LogP contribution in [0.1, 0.15) is 17.3 Å². The van der Waals surface area contributed by atoms with E-state index in [9.17, 15) is 22.4 Å². The molecule has 0 aliphatic heterocycles. The summed E-state index contributed by atoms with van der Waals surface area (Å²) in [6.45, 7) is -4.12. The summed E-state index contributed by atoms with van der Waals surface area (Å²) in [6, 6.07) is 9.07. The minimum atomic E-state index is -3.03. The van der Waals surface area contributed by atoms with Gasteiger partial charge < -0.3 is 19.5 Å². The molecule has 1 N–H and O–H groups in total. The van der Waals surface area contributed by atoms with Crippen LogP contribution in [-0.2, 0) is 0 Å². The second-order valence-electron chi connectivity index (χ2n) is 4.83. The first kappa shape index (κ1) is 19.4. The maximum atomic E-state index is 12.4. The standard InChI is InChI=1S/C17H15F4NO4/c1-2-24-14-9-10(3-8-13(14)26-17(20)21)15(23)22-11-4-6-12(7-5-11)25-16(18)19/h3-9,16-17H,2H2,1H3,(H,22,23). The van der Waals surface area contributed by atoms with Crippen molar-refractivity contribution >= 4 is 11.6 Å². The summed E-state index contributed by atoms with van der Waals surface area (Å²) in [6.07, 6.45) is 0. The Labute approximate surface area is 146 Å². The predicted molar refractivity (Wildman–Crippen MR) is 85.3 cm³/mol. The van der Waals surface area contributed by atoms with Gasteiger partial charge in [0.1, 0.15) is 5.75 Å². The van der Waals surface area contributed by atoms with Crippen LogP contribution in [0.3, 0.4) is 0 Å². The first-order valence-corrected chi connectivity index (χ1v) is 7.47. The van der Waals surface area contributed by atoms with Crippen LogP contribution in [0.4, 0.5) is 23.2 Å². The molecule has 2 aromatic carbocycles. The van der Waals surface area contributed by atoms with Gasteiger partial charge in [0.05, 0.1) is 6.61 Å². The molecule has 0 bridgehead atoms. The van der Waals surface area contributed by atoms with Gasteiger partial charge in [0.2, 0.25) is 0 Å². The van der Waals surface area contributed by atoms with Crippen molar-refractivity contribution in [2.75, 3.05) is 11.9 Å². The van der Waals surface area contributed by atoms with Crippen LogP contribution in [0.2, 0.25) is 0 Å². The maximum Gasteiger partial charge on any atom is 0.387 e. The van der Waals surface area contributed by atoms with E-state index in [1.54, 1.807) is 6.92 Å². The fraction of sp³-hybridized carbons (Fsp3) is 0.235. The van der Waals surface area contributed by atoms with Crippen molar-refractivity contribution in [2.24, 2.45) is 0 Å². The number of benzene rings is 2. The number of anilines is 1. The number of carbonyl (C=O) groups excluding carboxylic acids is 1. The average molecular weight is 373 g/mol. The molecule has 0 spiro atoms. The van der Waals surface area contributed by atoms with Crippen molar-refractivity contribution in [2.45, 2.75) is 20.1 Å². The highest BCUT2D eigenvalue weighted by molar-refractivity contribution is 6.04. The average Bonchev–Trinajstić information content (AvgIpc) is 2.57. The number of alkyl halides is 4. The van der Waals surface area contributed by atoms with E-state index >= 15 is 0 Å². The Morgan fingerprint density at radius 1 is 0.962 bits per heavy atom. The van der Waals surface area contributed by atoms with Crippen LogP contribution in [0.15, 0.2) is 42.5 Å². The zero-order valence-corrected chi connectivity index (χ0v) is 13.5. The summed E-state index contributed by atoms with van der Waals surface area (Å²) >= 11 is 0. The summed E-state index contributed by atoms with van der Waals surface area (Å²) in [5, 5.41) is 2.54. The van der Waals surface area contributed by atoms with E-state index in [4.69, 9.17) is 4.74 Å². The van der Waals surface area contributed by atoms with Crippen LogP contribution in [0.5, 0.6) is 17.2 Å². The van der Waals surface area contributed by atoms with E-state index in [0.717, 1.165) is 0 Å². The lowest BCUT2D eigenvalue weighted by atomic mass is 10.2. The van der Waals surface area contributed by atoms with Crippen molar-refractivity contribution in [1.82, 2.24) is 0 Å². The SMILES string of the molecule is CCOc1cc(C(=O)Nc2ccc(OC(F)F)cc2)ccc1OC(F)F.